The number of carbonyl (C=O) groups excluding carboxylic acids is 1. The van der Waals surface area contributed by atoms with E-state index in [0.29, 0.717) is 17.3 Å². The highest BCUT2D eigenvalue weighted by atomic mass is 32.2. The molecule has 0 N–H and O–H groups in total. The lowest BCUT2D eigenvalue weighted by Crippen LogP contribution is -2.26. The molecule has 0 fully saturated rings. The molecular weight excluding hydrogens is 330 g/mol. The van der Waals surface area contributed by atoms with E-state index in [9.17, 15) is 4.79 Å². The summed E-state index contributed by atoms with van der Waals surface area (Å²) in [4.78, 5) is 20.4. The quantitative estimate of drug-likeness (QED) is 0.658. The molecule has 3 aromatic rings. The summed E-state index contributed by atoms with van der Waals surface area (Å²) < 4.78 is 5.25. The minimum Gasteiger partial charge on any atom is -0.337 e. The molecule has 0 saturated heterocycles. The molecule has 0 spiro atoms. The molecule has 7 heteroatoms. The van der Waals surface area contributed by atoms with Crippen LogP contribution >= 0.6 is 23.1 Å². The summed E-state index contributed by atoms with van der Waals surface area (Å²) in [5, 5.41) is 5.92. The average molecular weight is 345 g/mol. The number of benzene rings is 1. The van der Waals surface area contributed by atoms with Gasteiger partial charge in [-0.25, -0.2) is 0 Å². The van der Waals surface area contributed by atoms with E-state index in [1.807, 2.05) is 48.0 Å². The summed E-state index contributed by atoms with van der Waals surface area (Å²) in [7, 11) is 1.73. The van der Waals surface area contributed by atoms with Crippen molar-refractivity contribution in [2.75, 3.05) is 13.3 Å². The van der Waals surface area contributed by atoms with E-state index in [2.05, 4.69) is 10.1 Å². The summed E-state index contributed by atoms with van der Waals surface area (Å²) in [5.41, 5.74) is 0.681. The Morgan fingerprint density at radius 1 is 1.30 bits per heavy atom. The molecule has 0 aliphatic carbocycles. The van der Waals surface area contributed by atoms with Gasteiger partial charge in [0.25, 0.3) is 5.91 Å². The normalized spacial score (nSPS) is 10.7. The van der Waals surface area contributed by atoms with Crippen LogP contribution in [-0.4, -0.2) is 34.3 Å². The van der Waals surface area contributed by atoms with Crippen molar-refractivity contribution in [3.63, 3.8) is 0 Å². The molecule has 2 heterocycles. The molecule has 0 unspecified atom stereocenters. The van der Waals surface area contributed by atoms with Crippen LogP contribution in [0, 0.1) is 0 Å². The Balaban J connectivity index is 1.74. The molecule has 5 nitrogen and oxygen atoms in total. The number of hydrogen-bond donors (Lipinski definition) is 0. The van der Waals surface area contributed by atoms with Crippen LogP contribution < -0.4 is 0 Å². The van der Waals surface area contributed by atoms with Crippen LogP contribution in [0.3, 0.4) is 0 Å². The van der Waals surface area contributed by atoms with Crippen LogP contribution in [-0.2, 0) is 6.54 Å². The fourth-order valence-corrected chi connectivity index (χ4v) is 3.37. The van der Waals surface area contributed by atoms with Crippen molar-refractivity contribution in [1.29, 1.82) is 0 Å². The van der Waals surface area contributed by atoms with Crippen molar-refractivity contribution in [2.45, 2.75) is 11.4 Å². The molecule has 118 valence electrons. The number of amides is 1. The largest absolute Gasteiger partial charge is 0.337 e. The Labute approximate surface area is 142 Å². The van der Waals surface area contributed by atoms with Gasteiger partial charge in [-0.05, 0) is 29.8 Å². The highest BCUT2D eigenvalue weighted by Gasteiger charge is 2.18. The lowest BCUT2D eigenvalue weighted by Gasteiger charge is -2.16. The van der Waals surface area contributed by atoms with Crippen molar-refractivity contribution < 1.29 is 9.32 Å². The van der Waals surface area contributed by atoms with E-state index in [1.54, 1.807) is 35.0 Å². The van der Waals surface area contributed by atoms with Gasteiger partial charge in [0, 0.05) is 11.9 Å². The second-order valence-electron chi connectivity index (χ2n) is 4.85. The van der Waals surface area contributed by atoms with Gasteiger partial charge in [0.2, 0.25) is 11.7 Å². The van der Waals surface area contributed by atoms with Gasteiger partial charge >= 0.3 is 0 Å². The second-order valence-corrected chi connectivity index (χ2v) is 6.65. The zero-order valence-corrected chi connectivity index (χ0v) is 14.4. The number of rotatable bonds is 5. The number of nitrogens with zero attached hydrogens (tertiary/aromatic N) is 3. The highest BCUT2D eigenvalue weighted by Crippen LogP contribution is 2.23. The number of thioether (sulfide) groups is 1. The van der Waals surface area contributed by atoms with Crippen LogP contribution in [0.2, 0.25) is 0 Å². The Morgan fingerprint density at radius 3 is 2.87 bits per heavy atom. The van der Waals surface area contributed by atoms with E-state index >= 15 is 0 Å². The molecule has 1 amide bonds. The first-order valence-corrected chi connectivity index (χ1v) is 9.04. The predicted octanol–water partition coefficient (Wildman–Crippen LogP) is 3.79. The molecular formula is C16H15N3O2S2. The molecule has 0 saturated carbocycles. The molecule has 1 aromatic carbocycles. The van der Waals surface area contributed by atoms with Gasteiger partial charge < -0.3 is 9.42 Å². The zero-order chi connectivity index (χ0) is 16.2. The number of thiophene rings is 1. The van der Waals surface area contributed by atoms with Gasteiger partial charge in [-0.15, -0.1) is 23.1 Å². The topological polar surface area (TPSA) is 59.2 Å². The van der Waals surface area contributed by atoms with Crippen molar-refractivity contribution >= 4 is 29.0 Å². The molecule has 0 atom stereocenters. The summed E-state index contributed by atoms with van der Waals surface area (Å²) in [5.74, 6) is 0.914. The predicted molar refractivity (Wildman–Crippen MR) is 91.6 cm³/mol. The average Bonchev–Trinajstić information content (AvgIpc) is 3.25. The van der Waals surface area contributed by atoms with Crippen LogP contribution in [0.5, 0.6) is 0 Å². The Bertz CT molecular complexity index is 799. The van der Waals surface area contributed by atoms with Crippen molar-refractivity contribution in [3.8, 4) is 10.7 Å². The SMILES string of the molecule is CSc1ccccc1C(=O)N(C)Cc1nc(-c2cccs2)no1. The number of carbonyl (C=O) groups is 1. The standard InChI is InChI=1S/C16H15N3O2S2/c1-19(16(20)11-6-3-4-7-12(11)22-2)10-14-17-15(18-21-14)13-8-5-9-23-13/h3-9H,10H2,1-2H3. The van der Waals surface area contributed by atoms with Crippen molar-refractivity contribution in [3.05, 3.63) is 53.2 Å². The van der Waals surface area contributed by atoms with Crippen LogP contribution in [0.25, 0.3) is 10.7 Å². The summed E-state index contributed by atoms with van der Waals surface area (Å²) in [6, 6.07) is 11.4. The summed E-state index contributed by atoms with van der Waals surface area (Å²) >= 11 is 3.10. The molecule has 23 heavy (non-hydrogen) atoms. The first-order chi connectivity index (χ1) is 11.2. The molecule has 0 radical (unpaired) electrons. The third kappa shape index (κ3) is 3.46. The molecule has 3 rings (SSSR count). The molecule has 2 aromatic heterocycles. The second kappa shape index (κ2) is 6.97. The Hall–Kier alpha value is -2.12. The summed E-state index contributed by atoms with van der Waals surface area (Å²) in [6.45, 7) is 0.278. The minimum absolute atomic E-state index is 0.0641. The number of aromatic nitrogens is 2. The van der Waals surface area contributed by atoms with Gasteiger partial charge in [0.05, 0.1) is 17.0 Å². The maximum atomic E-state index is 12.6. The maximum Gasteiger partial charge on any atom is 0.255 e. The van der Waals surface area contributed by atoms with Crippen LogP contribution in [0.4, 0.5) is 0 Å². The Morgan fingerprint density at radius 2 is 2.13 bits per heavy atom. The molecule has 0 aliphatic heterocycles. The highest BCUT2D eigenvalue weighted by molar-refractivity contribution is 7.98. The van der Waals surface area contributed by atoms with Gasteiger partial charge in [-0.1, -0.05) is 23.4 Å². The van der Waals surface area contributed by atoms with Crippen molar-refractivity contribution in [2.24, 2.45) is 0 Å². The van der Waals surface area contributed by atoms with Gasteiger partial charge in [0.1, 0.15) is 0 Å². The first-order valence-electron chi connectivity index (χ1n) is 6.94. The number of hydrogen-bond acceptors (Lipinski definition) is 6. The lowest BCUT2D eigenvalue weighted by molar-refractivity contribution is 0.0766. The van der Waals surface area contributed by atoms with Crippen molar-refractivity contribution in [1.82, 2.24) is 15.0 Å². The first kappa shape index (κ1) is 15.8. The summed E-state index contributed by atoms with van der Waals surface area (Å²) in [6.07, 6.45) is 1.96. The third-order valence-corrected chi connectivity index (χ3v) is 4.93. The third-order valence-electron chi connectivity index (χ3n) is 3.27. The van der Waals surface area contributed by atoms with Gasteiger partial charge in [0.15, 0.2) is 0 Å². The smallest absolute Gasteiger partial charge is 0.255 e. The maximum absolute atomic E-state index is 12.6. The monoisotopic (exact) mass is 345 g/mol. The fourth-order valence-electron chi connectivity index (χ4n) is 2.13. The van der Waals surface area contributed by atoms with Crippen LogP contribution in [0.15, 0.2) is 51.2 Å². The minimum atomic E-state index is -0.0641. The molecule has 0 bridgehead atoms. The zero-order valence-electron chi connectivity index (χ0n) is 12.7. The van der Waals surface area contributed by atoms with E-state index in [0.717, 1.165) is 9.77 Å². The van der Waals surface area contributed by atoms with E-state index in [1.165, 1.54) is 0 Å². The Kier molecular flexibility index (Phi) is 4.78. The van der Waals surface area contributed by atoms with E-state index < -0.39 is 0 Å². The van der Waals surface area contributed by atoms with E-state index in [4.69, 9.17) is 4.52 Å². The van der Waals surface area contributed by atoms with Gasteiger partial charge in [-0.3, -0.25) is 4.79 Å². The van der Waals surface area contributed by atoms with Crippen LogP contribution in [0.1, 0.15) is 16.2 Å². The lowest BCUT2D eigenvalue weighted by atomic mass is 10.2. The van der Waals surface area contributed by atoms with E-state index in [-0.39, 0.29) is 12.5 Å². The fraction of sp³-hybridized carbons (Fsp3) is 0.188. The molecule has 0 aliphatic rings. The van der Waals surface area contributed by atoms with Gasteiger partial charge in [-0.2, -0.15) is 4.98 Å².